The van der Waals surface area contributed by atoms with E-state index in [0.29, 0.717) is 12.2 Å². The lowest BCUT2D eigenvalue weighted by Crippen LogP contribution is -2.30. The molecule has 5 nitrogen and oxygen atoms in total. The van der Waals surface area contributed by atoms with Crippen LogP contribution in [0.15, 0.2) is 48.5 Å². The lowest BCUT2D eigenvalue weighted by atomic mass is 10.1. The molecule has 1 amide bonds. The van der Waals surface area contributed by atoms with Gasteiger partial charge in [0.2, 0.25) is 0 Å². The fourth-order valence-electron chi connectivity index (χ4n) is 1.98. The Morgan fingerprint density at radius 3 is 2.42 bits per heavy atom. The summed E-state index contributed by atoms with van der Waals surface area (Å²) in [6, 6.07) is 12.4. The number of esters is 1. The minimum atomic E-state index is -1.06. The molecule has 0 aliphatic rings. The molecule has 0 aromatic heterocycles. The predicted molar refractivity (Wildman–Crippen MR) is 87.1 cm³/mol. The van der Waals surface area contributed by atoms with Crippen LogP contribution in [0.5, 0.6) is 0 Å². The summed E-state index contributed by atoms with van der Waals surface area (Å²) in [4.78, 5) is 24.0. The van der Waals surface area contributed by atoms with Crippen molar-refractivity contribution in [3.8, 4) is 0 Å². The van der Waals surface area contributed by atoms with Crippen molar-refractivity contribution < 1.29 is 23.5 Å². The summed E-state index contributed by atoms with van der Waals surface area (Å²) in [7, 11) is 1.58. The number of carbonyl (C=O) groups is 2. The second kappa shape index (κ2) is 8.21. The third kappa shape index (κ3) is 4.63. The Balaban J connectivity index is 1.95. The molecule has 0 aliphatic carbocycles. The quantitative estimate of drug-likeness (QED) is 0.826. The molecule has 0 fully saturated rings. The van der Waals surface area contributed by atoms with Gasteiger partial charge in [0, 0.05) is 7.11 Å². The van der Waals surface area contributed by atoms with Crippen LogP contribution in [0.1, 0.15) is 22.8 Å². The first-order chi connectivity index (χ1) is 11.5. The van der Waals surface area contributed by atoms with Gasteiger partial charge in [-0.25, -0.2) is 9.18 Å². The normalized spacial score (nSPS) is 11.6. The Morgan fingerprint density at radius 2 is 1.79 bits per heavy atom. The number of benzene rings is 2. The van der Waals surface area contributed by atoms with Gasteiger partial charge in [0.1, 0.15) is 5.82 Å². The molecule has 0 unspecified atom stereocenters. The minimum Gasteiger partial charge on any atom is -0.449 e. The van der Waals surface area contributed by atoms with Crippen LogP contribution >= 0.6 is 0 Å². The summed E-state index contributed by atoms with van der Waals surface area (Å²) in [6.07, 6.45) is -1.06. The van der Waals surface area contributed by atoms with E-state index in [9.17, 15) is 14.0 Å². The van der Waals surface area contributed by atoms with Crippen LogP contribution in [0.4, 0.5) is 10.1 Å². The Labute approximate surface area is 139 Å². The number of methoxy groups -OCH3 is 1. The van der Waals surface area contributed by atoms with Crippen LogP contribution in [0, 0.1) is 5.82 Å². The number of carbonyl (C=O) groups excluding carboxylic acids is 2. The van der Waals surface area contributed by atoms with Gasteiger partial charge in [-0.3, -0.25) is 4.79 Å². The maximum atomic E-state index is 13.5. The van der Waals surface area contributed by atoms with Crippen LogP contribution in [-0.4, -0.2) is 25.1 Å². The van der Waals surface area contributed by atoms with Crippen molar-refractivity contribution in [2.75, 3.05) is 12.4 Å². The largest absolute Gasteiger partial charge is 0.449 e. The first-order valence-electron chi connectivity index (χ1n) is 7.35. The molecule has 1 N–H and O–H groups in total. The number of hydrogen-bond donors (Lipinski definition) is 1. The number of amides is 1. The average molecular weight is 331 g/mol. The molecule has 2 rings (SSSR count). The lowest BCUT2D eigenvalue weighted by Gasteiger charge is -2.14. The summed E-state index contributed by atoms with van der Waals surface area (Å²) in [5, 5.41) is 2.38. The second-order valence-corrected chi connectivity index (χ2v) is 5.15. The molecule has 6 heteroatoms. The van der Waals surface area contributed by atoms with Crippen LogP contribution in [-0.2, 0) is 20.9 Å². The smallest absolute Gasteiger partial charge is 0.338 e. The fraction of sp³-hybridized carbons (Fsp3) is 0.222. The highest BCUT2D eigenvalue weighted by atomic mass is 19.1. The van der Waals surface area contributed by atoms with E-state index in [2.05, 4.69) is 5.32 Å². The van der Waals surface area contributed by atoms with Gasteiger partial charge in [0.25, 0.3) is 5.91 Å². The van der Waals surface area contributed by atoms with Gasteiger partial charge in [-0.1, -0.05) is 24.3 Å². The summed E-state index contributed by atoms with van der Waals surface area (Å²) < 4.78 is 23.6. The van der Waals surface area contributed by atoms with Crippen LogP contribution in [0.3, 0.4) is 0 Å². The summed E-state index contributed by atoms with van der Waals surface area (Å²) in [5.41, 5.74) is 1.27. The standard InChI is InChI=1S/C18H18FNO4/c1-12(17(21)20-16-6-4-3-5-15(16)19)24-18(22)14-9-7-13(8-10-14)11-23-2/h3-10,12H,11H2,1-2H3,(H,20,21)/t12-/m1/s1. The first kappa shape index (κ1) is 17.6. The van der Waals surface area contributed by atoms with Gasteiger partial charge in [-0.2, -0.15) is 0 Å². The van der Waals surface area contributed by atoms with Crippen molar-refractivity contribution in [1.82, 2.24) is 0 Å². The number of rotatable bonds is 6. The predicted octanol–water partition coefficient (Wildman–Crippen LogP) is 3.16. The maximum absolute atomic E-state index is 13.5. The number of para-hydroxylation sites is 1. The van der Waals surface area contributed by atoms with Gasteiger partial charge in [-0.15, -0.1) is 0 Å². The van der Waals surface area contributed by atoms with Crippen molar-refractivity contribution in [1.29, 1.82) is 0 Å². The monoisotopic (exact) mass is 331 g/mol. The molecular weight excluding hydrogens is 313 g/mol. The molecule has 0 heterocycles. The fourth-order valence-corrected chi connectivity index (χ4v) is 1.98. The van der Waals surface area contributed by atoms with Crippen molar-refractivity contribution in [3.63, 3.8) is 0 Å². The molecule has 1 atom stereocenters. The molecule has 0 bridgehead atoms. The van der Waals surface area contributed by atoms with Gasteiger partial charge in [0.15, 0.2) is 6.10 Å². The van der Waals surface area contributed by atoms with E-state index in [0.717, 1.165) is 5.56 Å². The Kier molecular flexibility index (Phi) is 6.03. The third-order valence-electron chi connectivity index (χ3n) is 3.29. The summed E-state index contributed by atoms with van der Waals surface area (Å²) >= 11 is 0. The molecule has 0 radical (unpaired) electrons. The number of hydrogen-bond acceptors (Lipinski definition) is 4. The van der Waals surface area contributed by atoms with Gasteiger partial charge in [-0.05, 0) is 36.8 Å². The number of halogens is 1. The second-order valence-electron chi connectivity index (χ2n) is 5.15. The topological polar surface area (TPSA) is 64.6 Å². The number of anilines is 1. The molecule has 24 heavy (non-hydrogen) atoms. The molecule has 0 spiro atoms. The lowest BCUT2D eigenvalue weighted by molar-refractivity contribution is -0.123. The van der Waals surface area contributed by atoms with Crippen molar-refractivity contribution in [3.05, 3.63) is 65.5 Å². The molecule has 0 saturated carbocycles. The van der Waals surface area contributed by atoms with E-state index in [1.54, 1.807) is 37.4 Å². The molecule has 126 valence electrons. The van der Waals surface area contributed by atoms with Crippen LogP contribution in [0.2, 0.25) is 0 Å². The number of nitrogens with one attached hydrogen (secondary N) is 1. The molecule has 0 aliphatic heterocycles. The summed E-state index contributed by atoms with van der Waals surface area (Å²) in [6.45, 7) is 1.87. The van der Waals surface area contributed by atoms with Crippen LogP contribution in [0.25, 0.3) is 0 Å². The molecule has 0 saturated heterocycles. The van der Waals surface area contributed by atoms with Crippen molar-refractivity contribution >= 4 is 17.6 Å². The first-order valence-corrected chi connectivity index (χ1v) is 7.35. The average Bonchev–Trinajstić information content (AvgIpc) is 2.57. The van der Waals surface area contributed by atoms with E-state index in [1.165, 1.54) is 25.1 Å². The van der Waals surface area contributed by atoms with Gasteiger partial charge < -0.3 is 14.8 Å². The van der Waals surface area contributed by atoms with E-state index in [4.69, 9.17) is 9.47 Å². The highest BCUT2D eigenvalue weighted by Crippen LogP contribution is 2.14. The van der Waals surface area contributed by atoms with E-state index >= 15 is 0 Å². The van der Waals surface area contributed by atoms with E-state index in [1.807, 2.05) is 0 Å². The van der Waals surface area contributed by atoms with Gasteiger partial charge in [0.05, 0.1) is 17.9 Å². The zero-order chi connectivity index (χ0) is 17.5. The third-order valence-corrected chi connectivity index (χ3v) is 3.29. The Bertz CT molecular complexity index is 715. The maximum Gasteiger partial charge on any atom is 0.338 e. The van der Waals surface area contributed by atoms with Crippen LogP contribution < -0.4 is 5.32 Å². The van der Waals surface area contributed by atoms with E-state index < -0.39 is 23.8 Å². The Hall–Kier alpha value is -2.73. The van der Waals surface area contributed by atoms with Gasteiger partial charge >= 0.3 is 5.97 Å². The minimum absolute atomic E-state index is 0.0364. The highest BCUT2D eigenvalue weighted by molar-refractivity contribution is 5.97. The molecular formula is C18H18FNO4. The zero-order valence-electron chi connectivity index (χ0n) is 13.4. The molecule has 2 aromatic rings. The molecule has 2 aromatic carbocycles. The number of ether oxygens (including phenoxy) is 2. The Morgan fingerprint density at radius 1 is 1.12 bits per heavy atom. The SMILES string of the molecule is COCc1ccc(C(=O)O[C@H](C)C(=O)Nc2ccccc2F)cc1. The van der Waals surface area contributed by atoms with E-state index in [-0.39, 0.29) is 5.69 Å². The zero-order valence-corrected chi connectivity index (χ0v) is 13.4. The highest BCUT2D eigenvalue weighted by Gasteiger charge is 2.19. The van der Waals surface area contributed by atoms with Crippen molar-refractivity contribution in [2.24, 2.45) is 0 Å². The summed E-state index contributed by atoms with van der Waals surface area (Å²) in [5.74, 6) is -1.79. The van der Waals surface area contributed by atoms with Crippen molar-refractivity contribution in [2.45, 2.75) is 19.6 Å².